The molecular weight excluding hydrogens is 341 g/mol. The molecule has 0 atom stereocenters. The van der Waals surface area contributed by atoms with Crippen LogP contribution in [0.3, 0.4) is 0 Å². The average molecular weight is 357 g/mol. The summed E-state index contributed by atoms with van der Waals surface area (Å²) in [5.41, 5.74) is 8.68. The van der Waals surface area contributed by atoms with Crippen LogP contribution >= 0.6 is 0 Å². The Labute approximate surface area is 146 Å². The Bertz CT molecular complexity index is 1120. The van der Waals surface area contributed by atoms with Crippen LogP contribution in [0.15, 0.2) is 29.2 Å². The molecule has 4 N–H and O–H groups in total. The van der Waals surface area contributed by atoms with Crippen LogP contribution < -0.4 is 21.5 Å². The number of aromatic nitrogens is 2. The number of halogens is 1. The number of carbonyl (C=O) groups is 1. The highest BCUT2D eigenvalue weighted by atomic mass is 19.1. The van der Waals surface area contributed by atoms with Gasteiger partial charge in [0.05, 0.1) is 16.6 Å². The number of fused-ring (bicyclic) bond motifs is 2. The van der Waals surface area contributed by atoms with E-state index in [0.717, 1.165) is 0 Å². The number of rotatable bonds is 3. The maximum Gasteiger partial charge on any atom is 0.341 e. The van der Waals surface area contributed by atoms with Gasteiger partial charge in [0, 0.05) is 37.8 Å². The molecule has 0 bridgehead atoms. The van der Waals surface area contributed by atoms with Crippen LogP contribution in [0.5, 0.6) is 0 Å². The number of aromatic carboxylic acids is 1. The molecule has 26 heavy (non-hydrogen) atoms. The van der Waals surface area contributed by atoms with Gasteiger partial charge >= 0.3 is 5.97 Å². The predicted molar refractivity (Wildman–Crippen MR) is 95.9 cm³/mol. The van der Waals surface area contributed by atoms with E-state index in [9.17, 15) is 19.1 Å². The van der Waals surface area contributed by atoms with Gasteiger partial charge in [-0.2, -0.15) is 0 Å². The van der Waals surface area contributed by atoms with Crippen LogP contribution in [-0.2, 0) is 0 Å². The summed E-state index contributed by atoms with van der Waals surface area (Å²) < 4.78 is 15.8. The number of nitrogens with zero attached hydrogens (tertiary/aromatic N) is 3. The smallest absolute Gasteiger partial charge is 0.341 e. The van der Waals surface area contributed by atoms with Gasteiger partial charge in [-0.05, 0) is 18.2 Å². The average Bonchev–Trinajstić information content (AvgIpc) is 2.57. The van der Waals surface area contributed by atoms with Gasteiger partial charge in [-0.3, -0.25) is 4.79 Å². The number of pyridine rings is 2. The second-order valence-electron chi connectivity index (χ2n) is 6.29. The molecule has 1 aliphatic heterocycles. The van der Waals surface area contributed by atoms with Gasteiger partial charge in [0.25, 0.3) is 0 Å². The summed E-state index contributed by atoms with van der Waals surface area (Å²) in [5, 5.41) is 9.74. The van der Waals surface area contributed by atoms with Crippen molar-refractivity contribution in [3.63, 3.8) is 0 Å². The summed E-state index contributed by atoms with van der Waals surface area (Å²) in [6.07, 6.45) is 1.19. The third-order valence-corrected chi connectivity index (χ3v) is 4.56. The van der Waals surface area contributed by atoms with E-state index in [0.29, 0.717) is 29.7 Å². The minimum Gasteiger partial charge on any atom is -0.477 e. The van der Waals surface area contributed by atoms with Gasteiger partial charge < -0.3 is 21.2 Å². The van der Waals surface area contributed by atoms with Gasteiger partial charge in [0.1, 0.15) is 11.4 Å². The lowest BCUT2D eigenvalue weighted by Gasteiger charge is -2.39. The first-order valence-electron chi connectivity index (χ1n) is 8.00. The summed E-state index contributed by atoms with van der Waals surface area (Å²) in [6, 6.07) is 4.41. The highest BCUT2D eigenvalue weighted by Crippen LogP contribution is 2.29. The molecule has 8 nitrogen and oxygen atoms in total. The molecule has 0 amide bonds. The zero-order valence-electron chi connectivity index (χ0n) is 13.9. The number of nitrogens with two attached hydrogens (primary N) is 1. The zero-order valence-corrected chi connectivity index (χ0v) is 13.9. The molecule has 0 saturated carbocycles. The lowest BCUT2D eigenvalue weighted by atomic mass is 10.1. The third-order valence-electron chi connectivity index (χ3n) is 4.56. The Balaban J connectivity index is 1.99. The van der Waals surface area contributed by atoms with Crippen molar-refractivity contribution in [1.29, 1.82) is 0 Å². The minimum absolute atomic E-state index is 0.0265. The molecule has 0 unspecified atom stereocenters. The number of nitrogens with one attached hydrogen (secondary N) is 1. The first-order chi connectivity index (χ1) is 12.4. The Hall–Kier alpha value is -3.20. The molecule has 1 saturated heterocycles. The van der Waals surface area contributed by atoms with Crippen molar-refractivity contribution < 1.29 is 14.3 Å². The van der Waals surface area contributed by atoms with Crippen molar-refractivity contribution >= 4 is 33.6 Å². The molecule has 1 fully saturated rings. The first kappa shape index (κ1) is 16.3. The SMILES string of the molecule is CNn1cc(C(=O)O)c(=O)c2cc3cc(F)c(N4CC(N)C4)cc3nc21. The lowest BCUT2D eigenvalue weighted by molar-refractivity contribution is 0.0695. The van der Waals surface area contributed by atoms with E-state index >= 15 is 0 Å². The van der Waals surface area contributed by atoms with Gasteiger partial charge in [0.15, 0.2) is 5.65 Å². The van der Waals surface area contributed by atoms with Gasteiger partial charge in [-0.25, -0.2) is 18.8 Å². The molecule has 0 aliphatic carbocycles. The fraction of sp³-hybridized carbons (Fsp3) is 0.235. The Kier molecular flexibility index (Phi) is 3.55. The maximum absolute atomic E-state index is 14.5. The molecule has 3 heterocycles. The molecule has 0 radical (unpaired) electrons. The van der Waals surface area contributed by atoms with Crippen LogP contribution in [0.1, 0.15) is 10.4 Å². The third kappa shape index (κ3) is 2.36. The first-order valence-corrected chi connectivity index (χ1v) is 8.00. The quantitative estimate of drug-likeness (QED) is 0.592. The summed E-state index contributed by atoms with van der Waals surface area (Å²) in [5.74, 6) is -1.77. The normalized spacial score (nSPS) is 14.7. The van der Waals surface area contributed by atoms with E-state index in [4.69, 9.17) is 5.73 Å². The Morgan fingerprint density at radius 3 is 2.73 bits per heavy atom. The van der Waals surface area contributed by atoms with Gasteiger partial charge in [-0.15, -0.1) is 0 Å². The topological polar surface area (TPSA) is 113 Å². The number of anilines is 1. The van der Waals surface area contributed by atoms with Crippen LogP contribution in [0.2, 0.25) is 0 Å². The molecule has 2 aromatic heterocycles. The highest BCUT2D eigenvalue weighted by Gasteiger charge is 2.26. The molecule has 134 valence electrons. The van der Waals surface area contributed by atoms with Crippen LogP contribution in [0.25, 0.3) is 21.9 Å². The number of carboxylic acids is 1. The van der Waals surface area contributed by atoms with E-state index in [2.05, 4.69) is 10.4 Å². The van der Waals surface area contributed by atoms with Crippen LogP contribution in [-0.4, -0.2) is 46.9 Å². The molecule has 0 spiro atoms. The van der Waals surface area contributed by atoms with Gasteiger partial charge in [-0.1, -0.05) is 0 Å². The standard InChI is InChI=1S/C17H16FN5O3/c1-20-23-7-11(17(25)26)15(24)10-2-8-3-12(18)14(22-5-9(19)6-22)4-13(8)21-16(10)23/h2-4,7,9,20H,5-6,19H2,1H3,(H,25,26). The molecule has 4 rings (SSSR count). The van der Waals surface area contributed by atoms with Gasteiger partial charge in [0.2, 0.25) is 5.43 Å². The highest BCUT2D eigenvalue weighted by molar-refractivity contribution is 5.97. The minimum atomic E-state index is -1.34. The van der Waals surface area contributed by atoms with Crippen molar-refractivity contribution in [2.24, 2.45) is 5.73 Å². The molecule has 1 aliphatic rings. The van der Waals surface area contributed by atoms with Crippen LogP contribution in [0, 0.1) is 5.82 Å². The summed E-state index contributed by atoms with van der Waals surface area (Å²) in [7, 11) is 1.58. The number of hydrogen-bond donors (Lipinski definition) is 3. The summed E-state index contributed by atoms with van der Waals surface area (Å²) in [4.78, 5) is 30.0. The molecular formula is C17H16FN5O3. The fourth-order valence-corrected chi connectivity index (χ4v) is 3.19. The Morgan fingerprint density at radius 2 is 2.12 bits per heavy atom. The molecule has 1 aromatic carbocycles. The van der Waals surface area contributed by atoms with Crippen molar-refractivity contribution in [3.8, 4) is 0 Å². The van der Waals surface area contributed by atoms with E-state index in [1.165, 1.54) is 23.0 Å². The van der Waals surface area contributed by atoms with Crippen LogP contribution in [0.4, 0.5) is 10.1 Å². The fourth-order valence-electron chi connectivity index (χ4n) is 3.19. The van der Waals surface area contributed by atoms with E-state index < -0.39 is 17.2 Å². The number of hydrogen-bond acceptors (Lipinski definition) is 6. The zero-order chi connectivity index (χ0) is 18.6. The lowest BCUT2D eigenvalue weighted by Crippen LogP contribution is -2.56. The second kappa shape index (κ2) is 5.67. The van der Waals surface area contributed by atoms with E-state index in [-0.39, 0.29) is 22.6 Å². The monoisotopic (exact) mass is 357 g/mol. The number of benzene rings is 1. The number of carboxylic acid groups (broad SMARTS) is 1. The van der Waals surface area contributed by atoms with E-state index in [1.54, 1.807) is 13.1 Å². The molecule has 9 heteroatoms. The predicted octanol–water partition coefficient (Wildman–Crippen LogP) is 0.708. The van der Waals surface area contributed by atoms with Crippen molar-refractivity contribution in [2.75, 3.05) is 30.5 Å². The van der Waals surface area contributed by atoms with E-state index in [1.807, 2.05) is 4.90 Å². The van der Waals surface area contributed by atoms with Crippen molar-refractivity contribution in [1.82, 2.24) is 9.66 Å². The second-order valence-corrected chi connectivity index (χ2v) is 6.29. The Morgan fingerprint density at radius 1 is 1.38 bits per heavy atom. The van der Waals surface area contributed by atoms with Crippen molar-refractivity contribution in [3.05, 3.63) is 46.0 Å². The summed E-state index contributed by atoms with van der Waals surface area (Å²) in [6.45, 7) is 1.14. The van der Waals surface area contributed by atoms with Crippen molar-refractivity contribution in [2.45, 2.75) is 6.04 Å². The molecule has 3 aromatic rings. The maximum atomic E-state index is 14.5. The largest absolute Gasteiger partial charge is 0.477 e. The summed E-state index contributed by atoms with van der Waals surface area (Å²) >= 11 is 0.